The minimum Gasteiger partial charge on any atom is -0.389 e. The Kier molecular flexibility index (Phi) is 3.50. The Labute approximate surface area is 77.8 Å². The molecule has 66 valence electrons. The molecule has 11 heavy (non-hydrogen) atoms. The summed E-state index contributed by atoms with van der Waals surface area (Å²) in [6, 6.07) is 0. The van der Waals surface area contributed by atoms with Crippen LogP contribution in [-0.4, -0.2) is 22.5 Å². The summed E-state index contributed by atoms with van der Waals surface area (Å²) in [5.41, 5.74) is -0.582. The zero-order valence-electron chi connectivity index (χ0n) is 6.39. The Balaban J connectivity index is 2.35. The molecule has 0 atom stereocenters. The van der Waals surface area contributed by atoms with Crippen LogP contribution in [0.4, 0.5) is 0 Å². The third kappa shape index (κ3) is 2.82. The van der Waals surface area contributed by atoms with E-state index in [2.05, 4.69) is 17.5 Å². The van der Waals surface area contributed by atoms with Crippen molar-refractivity contribution >= 4 is 24.4 Å². The van der Waals surface area contributed by atoms with E-state index in [9.17, 15) is 5.11 Å². The van der Waals surface area contributed by atoms with Crippen molar-refractivity contribution < 1.29 is 5.11 Å². The zero-order valence-corrected chi connectivity index (χ0v) is 8.04. The third-order valence-electron chi connectivity index (χ3n) is 2.28. The largest absolute Gasteiger partial charge is 0.389 e. The molecule has 0 aliphatic heterocycles. The van der Waals surface area contributed by atoms with E-state index in [1.54, 1.807) is 0 Å². The van der Waals surface area contributed by atoms with Gasteiger partial charge in [0.25, 0.3) is 0 Å². The highest BCUT2D eigenvalue weighted by molar-refractivity contribution is 7.80. The molecule has 0 aromatic carbocycles. The highest BCUT2D eigenvalue weighted by Gasteiger charge is 2.31. The third-order valence-corrected chi connectivity index (χ3v) is 2.93. The van der Waals surface area contributed by atoms with Crippen LogP contribution in [0.15, 0.2) is 0 Å². The topological polar surface area (TPSA) is 32.3 Å². The molecular weight excluding hydrogens is 182 g/mol. The van der Waals surface area contributed by atoms with Crippen LogP contribution in [0, 0.1) is 0 Å². The van der Waals surface area contributed by atoms with E-state index in [1.807, 2.05) is 0 Å². The van der Waals surface area contributed by atoms with Gasteiger partial charge in [-0.05, 0) is 37.5 Å². The molecule has 0 aromatic rings. The van der Waals surface area contributed by atoms with Crippen LogP contribution in [-0.2, 0) is 0 Å². The Morgan fingerprint density at radius 2 is 2.09 bits per heavy atom. The fourth-order valence-corrected chi connectivity index (χ4v) is 1.95. The minimum atomic E-state index is -0.582. The van der Waals surface area contributed by atoms with Gasteiger partial charge in [0, 0.05) is 11.8 Å². The van der Waals surface area contributed by atoms with Crippen molar-refractivity contribution in [2.75, 3.05) is 6.54 Å². The summed E-state index contributed by atoms with van der Waals surface area (Å²) >= 11 is 9.67. The second-order valence-electron chi connectivity index (χ2n) is 3.27. The van der Waals surface area contributed by atoms with Gasteiger partial charge in [0.15, 0.2) is 0 Å². The highest BCUT2D eigenvalue weighted by atomic mass is 35.5. The molecule has 0 radical (unpaired) electrons. The number of halogens is 1. The molecule has 1 saturated carbocycles. The smallest absolute Gasteiger partial charge is 0.0785 e. The molecule has 0 aromatic heterocycles. The Morgan fingerprint density at radius 3 is 2.55 bits per heavy atom. The summed E-state index contributed by atoms with van der Waals surface area (Å²) in [5.74, 6) is 0. The summed E-state index contributed by atoms with van der Waals surface area (Å²) in [4.78, 5) is 2.49. The lowest BCUT2D eigenvalue weighted by Gasteiger charge is -2.33. The van der Waals surface area contributed by atoms with E-state index >= 15 is 0 Å². The van der Waals surface area contributed by atoms with Gasteiger partial charge in [-0.1, -0.05) is 0 Å². The first-order chi connectivity index (χ1) is 5.16. The van der Waals surface area contributed by atoms with E-state index in [1.165, 1.54) is 0 Å². The SMILES string of the molecule is O[C@]1(CNCl)CC[C@H](S)CC1. The molecule has 2 nitrogen and oxygen atoms in total. The summed E-state index contributed by atoms with van der Waals surface area (Å²) in [6.07, 6.45) is 3.58. The molecule has 1 fully saturated rings. The van der Waals surface area contributed by atoms with Crippen molar-refractivity contribution in [2.24, 2.45) is 0 Å². The summed E-state index contributed by atoms with van der Waals surface area (Å²) in [5, 5.41) is 10.3. The van der Waals surface area contributed by atoms with Gasteiger partial charge in [-0.2, -0.15) is 12.6 Å². The Morgan fingerprint density at radius 1 is 1.55 bits per heavy atom. The van der Waals surface area contributed by atoms with Crippen LogP contribution < -0.4 is 4.84 Å². The van der Waals surface area contributed by atoms with Crippen LogP contribution in [0.3, 0.4) is 0 Å². The molecule has 0 heterocycles. The van der Waals surface area contributed by atoms with Gasteiger partial charge < -0.3 is 5.11 Å². The minimum absolute atomic E-state index is 0.464. The molecule has 4 heteroatoms. The second kappa shape index (κ2) is 3.99. The first kappa shape index (κ1) is 9.65. The molecule has 0 saturated heterocycles. The number of thiol groups is 1. The van der Waals surface area contributed by atoms with Crippen LogP contribution >= 0.6 is 24.4 Å². The Hall–Kier alpha value is 0.560. The predicted octanol–water partition coefficient (Wildman–Crippen LogP) is 1.33. The first-order valence-electron chi connectivity index (χ1n) is 3.90. The van der Waals surface area contributed by atoms with E-state index < -0.39 is 5.60 Å². The molecule has 1 aliphatic rings. The average Bonchev–Trinajstić information content (AvgIpc) is 1.97. The van der Waals surface area contributed by atoms with Crippen molar-refractivity contribution in [3.63, 3.8) is 0 Å². The van der Waals surface area contributed by atoms with Gasteiger partial charge in [0.05, 0.1) is 5.60 Å². The maximum absolute atomic E-state index is 9.81. The first-order valence-corrected chi connectivity index (χ1v) is 4.80. The van der Waals surface area contributed by atoms with Gasteiger partial charge in [-0.25, -0.2) is 4.84 Å². The molecule has 1 aliphatic carbocycles. The number of hydrogen-bond donors (Lipinski definition) is 3. The standard InChI is InChI=1S/C7H14ClNOS/c8-9-5-7(10)3-1-6(11)2-4-7/h6,9-11H,1-5H2/t6-,7+. The van der Waals surface area contributed by atoms with Crippen molar-refractivity contribution in [2.45, 2.75) is 36.5 Å². The predicted molar refractivity (Wildman–Crippen MR) is 50.0 cm³/mol. The molecular formula is C7H14ClNOS. The molecule has 0 spiro atoms. The van der Waals surface area contributed by atoms with E-state index in [4.69, 9.17) is 11.8 Å². The Bertz CT molecular complexity index is 126. The van der Waals surface area contributed by atoms with Crippen molar-refractivity contribution in [3.8, 4) is 0 Å². The summed E-state index contributed by atoms with van der Waals surface area (Å²) in [7, 11) is 0. The lowest BCUT2D eigenvalue weighted by atomic mass is 9.85. The van der Waals surface area contributed by atoms with E-state index in [-0.39, 0.29) is 0 Å². The van der Waals surface area contributed by atoms with Gasteiger partial charge in [-0.15, -0.1) is 0 Å². The fourth-order valence-electron chi connectivity index (χ4n) is 1.44. The lowest BCUT2D eigenvalue weighted by molar-refractivity contribution is 0.0112. The summed E-state index contributed by atoms with van der Waals surface area (Å²) in [6.45, 7) is 0.481. The van der Waals surface area contributed by atoms with Crippen LogP contribution in [0.2, 0.25) is 0 Å². The fraction of sp³-hybridized carbons (Fsp3) is 1.00. The quantitative estimate of drug-likeness (QED) is 0.459. The van der Waals surface area contributed by atoms with Crippen LogP contribution in [0.5, 0.6) is 0 Å². The molecule has 2 N–H and O–H groups in total. The van der Waals surface area contributed by atoms with Crippen molar-refractivity contribution in [1.29, 1.82) is 0 Å². The molecule has 0 unspecified atom stereocenters. The zero-order chi connectivity index (χ0) is 8.32. The second-order valence-corrected chi connectivity index (χ2v) is 4.26. The highest BCUT2D eigenvalue weighted by Crippen LogP contribution is 2.30. The number of hydrogen-bond acceptors (Lipinski definition) is 3. The van der Waals surface area contributed by atoms with E-state index in [0.29, 0.717) is 11.8 Å². The number of rotatable bonds is 2. The molecule has 0 bridgehead atoms. The molecule has 0 amide bonds. The van der Waals surface area contributed by atoms with Crippen LogP contribution in [0.1, 0.15) is 25.7 Å². The van der Waals surface area contributed by atoms with Gasteiger partial charge >= 0.3 is 0 Å². The van der Waals surface area contributed by atoms with E-state index in [0.717, 1.165) is 25.7 Å². The maximum atomic E-state index is 9.81. The molecule has 1 rings (SSSR count). The van der Waals surface area contributed by atoms with Crippen molar-refractivity contribution in [1.82, 2.24) is 4.84 Å². The van der Waals surface area contributed by atoms with Gasteiger partial charge in [0.2, 0.25) is 0 Å². The maximum Gasteiger partial charge on any atom is 0.0785 e. The van der Waals surface area contributed by atoms with Crippen molar-refractivity contribution in [3.05, 3.63) is 0 Å². The van der Waals surface area contributed by atoms with Gasteiger partial charge in [0.1, 0.15) is 0 Å². The lowest BCUT2D eigenvalue weighted by Crippen LogP contribution is -2.41. The monoisotopic (exact) mass is 195 g/mol. The normalized spacial score (nSPS) is 39.0. The van der Waals surface area contributed by atoms with Gasteiger partial charge in [-0.3, -0.25) is 0 Å². The number of aliphatic hydroxyl groups is 1. The summed E-state index contributed by atoms with van der Waals surface area (Å²) < 4.78 is 0. The van der Waals surface area contributed by atoms with Crippen LogP contribution in [0.25, 0.3) is 0 Å². The number of nitrogens with one attached hydrogen (secondary N) is 1. The average molecular weight is 196 g/mol.